The van der Waals surface area contributed by atoms with E-state index < -0.39 is 23.4 Å². The van der Waals surface area contributed by atoms with Crippen LogP contribution in [-0.4, -0.2) is 28.4 Å². The summed E-state index contributed by atoms with van der Waals surface area (Å²) < 4.78 is 4.83. The fourth-order valence-corrected chi connectivity index (χ4v) is 2.18. The number of rotatable bonds is 5. The molecule has 0 aliphatic carbocycles. The van der Waals surface area contributed by atoms with Crippen molar-refractivity contribution in [1.82, 2.24) is 4.98 Å². The van der Waals surface area contributed by atoms with E-state index >= 15 is 0 Å². The van der Waals surface area contributed by atoms with Crippen molar-refractivity contribution >= 4 is 34.0 Å². The Bertz CT molecular complexity index is 711. The quantitative estimate of drug-likeness (QED) is 0.513. The first-order valence-electron chi connectivity index (χ1n) is 6.09. The second kappa shape index (κ2) is 6.76. The third-order valence-corrected chi connectivity index (χ3v) is 3.34. The minimum Gasteiger partial charge on any atom is -0.452 e. The summed E-state index contributed by atoms with van der Waals surface area (Å²) in [5.74, 6) is -1.25. The number of carbonyl (C=O) groups excluding carboxylic acids is 2. The van der Waals surface area contributed by atoms with Gasteiger partial charge >= 0.3 is 5.97 Å². The number of carbonyl (C=O) groups is 2. The third-order valence-electron chi connectivity index (χ3n) is 2.52. The number of nitro benzene ring substituents is 1. The van der Waals surface area contributed by atoms with Crippen LogP contribution in [0.2, 0.25) is 0 Å². The van der Waals surface area contributed by atoms with E-state index in [1.807, 2.05) is 6.92 Å². The van der Waals surface area contributed by atoms with Gasteiger partial charge in [-0.2, -0.15) is 0 Å². The molecule has 0 radical (unpaired) electrons. The lowest BCUT2D eigenvalue weighted by molar-refractivity contribution is -0.384. The van der Waals surface area contributed by atoms with Gasteiger partial charge in [-0.25, -0.2) is 9.78 Å². The van der Waals surface area contributed by atoms with E-state index in [1.54, 1.807) is 6.20 Å². The molecule has 1 N–H and O–H groups in total. The summed E-state index contributed by atoms with van der Waals surface area (Å²) in [4.78, 5) is 38.1. The van der Waals surface area contributed by atoms with Crippen LogP contribution in [0.1, 0.15) is 15.2 Å². The van der Waals surface area contributed by atoms with Crippen LogP contribution < -0.4 is 5.32 Å². The zero-order chi connectivity index (χ0) is 16.1. The summed E-state index contributed by atoms with van der Waals surface area (Å²) in [6.07, 6.45) is 1.61. The molecule has 114 valence electrons. The Morgan fingerprint density at radius 1 is 1.36 bits per heavy atom. The molecule has 0 fully saturated rings. The van der Waals surface area contributed by atoms with Crippen molar-refractivity contribution in [3.05, 3.63) is 51.0 Å². The van der Waals surface area contributed by atoms with Gasteiger partial charge in [0.05, 0.1) is 10.5 Å². The Morgan fingerprint density at radius 3 is 2.59 bits per heavy atom. The average Bonchev–Trinajstić information content (AvgIpc) is 2.90. The highest BCUT2D eigenvalue weighted by atomic mass is 32.1. The van der Waals surface area contributed by atoms with Gasteiger partial charge in [-0.05, 0) is 19.1 Å². The van der Waals surface area contributed by atoms with Gasteiger partial charge in [-0.15, -0.1) is 11.3 Å². The molecule has 22 heavy (non-hydrogen) atoms. The lowest BCUT2D eigenvalue weighted by Gasteiger charge is -2.04. The summed E-state index contributed by atoms with van der Waals surface area (Å²) in [6, 6.07) is 4.91. The molecular weight excluding hydrogens is 310 g/mol. The smallest absolute Gasteiger partial charge is 0.338 e. The number of nitrogens with zero attached hydrogens (tertiary/aromatic N) is 2. The van der Waals surface area contributed by atoms with Gasteiger partial charge in [0.25, 0.3) is 11.6 Å². The van der Waals surface area contributed by atoms with Crippen LogP contribution in [0.4, 0.5) is 10.8 Å². The SMILES string of the molecule is Cc1cnc(NC(=O)COC(=O)c2ccc([N+](=O)[O-])cc2)s1. The Morgan fingerprint density at radius 2 is 2.05 bits per heavy atom. The summed E-state index contributed by atoms with van der Waals surface area (Å²) in [5, 5.41) is 13.4. The summed E-state index contributed by atoms with van der Waals surface area (Å²) in [7, 11) is 0. The van der Waals surface area contributed by atoms with E-state index in [0.29, 0.717) is 5.13 Å². The van der Waals surface area contributed by atoms with Crippen molar-refractivity contribution in [2.45, 2.75) is 6.92 Å². The number of amides is 1. The second-order valence-electron chi connectivity index (χ2n) is 4.20. The molecule has 2 aromatic rings. The first-order chi connectivity index (χ1) is 10.5. The van der Waals surface area contributed by atoms with Crippen molar-refractivity contribution in [2.24, 2.45) is 0 Å². The highest BCUT2D eigenvalue weighted by molar-refractivity contribution is 7.15. The molecule has 0 bridgehead atoms. The fraction of sp³-hybridized carbons (Fsp3) is 0.154. The van der Waals surface area contributed by atoms with E-state index in [-0.39, 0.29) is 11.3 Å². The predicted octanol–water partition coefficient (Wildman–Crippen LogP) is 2.16. The Balaban J connectivity index is 1.86. The van der Waals surface area contributed by atoms with Gasteiger partial charge in [0.2, 0.25) is 0 Å². The molecule has 9 heteroatoms. The van der Waals surface area contributed by atoms with Crippen molar-refractivity contribution < 1.29 is 19.2 Å². The van der Waals surface area contributed by atoms with E-state index in [0.717, 1.165) is 4.88 Å². The molecule has 0 saturated heterocycles. The normalized spacial score (nSPS) is 10.0. The molecule has 1 aromatic heterocycles. The minimum atomic E-state index is -0.736. The lowest BCUT2D eigenvalue weighted by Crippen LogP contribution is -2.20. The van der Waals surface area contributed by atoms with Crippen LogP contribution in [-0.2, 0) is 9.53 Å². The second-order valence-corrected chi connectivity index (χ2v) is 5.44. The number of nitrogens with one attached hydrogen (secondary N) is 1. The number of aromatic nitrogens is 1. The standard InChI is InChI=1S/C13H11N3O5S/c1-8-6-14-13(22-8)15-11(17)7-21-12(18)9-2-4-10(5-3-9)16(19)20/h2-6H,7H2,1H3,(H,14,15,17). The van der Waals surface area contributed by atoms with Crippen LogP contribution in [0.15, 0.2) is 30.5 Å². The highest BCUT2D eigenvalue weighted by Gasteiger charge is 2.13. The molecule has 0 aliphatic heterocycles. The molecule has 0 aliphatic rings. The van der Waals surface area contributed by atoms with E-state index in [1.165, 1.54) is 35.6 Å². The van der Waals surface area contributed by atoms with Crippen molar-refractivity contribution in [2.75, 3.05) is 11.9 Å². The third kappa shape index (κ3) is 4.09. The number of aryl methyl sites for hydroxylation is 1. The Hall–Kier alpha value is -2.81. The number of hydrogen-bond acceptors (Lipinski definition) is 7. The molecular formula is C13H11N3O5S. The maximum Gasteiger partial charge on any atom is 0.338 e. The van der Waals surface area contributed by atoms with Crippen LogP contribution in [0, 0.1) is 17.0 Å². The number of non-ortho nitro benzene ring substituents is 1. The summed E-state index contributed by atoms with van der Waals surface area (Å²) in [5.41, 5.74) is -0.00285. The number of esters is 1. The van der Waals surface area contributed by atoms with Gasteiger partial charge in [0, 0.05) is 23.2 Å². The molecule has 1 heterocycles. The topological polar surface area (TPSA) is 111 Å². The van der Waals surface area contributed by atoms with Gasteiger partial charge in [0.15, 0.2) is 11.7 Å². The largest absolute Gasteiger partial charge is 0.452 e. The van der Waals surface area contributed by atoms with Crippen LogP contribution in [0.5, 0.6) is 0 Å². The van der Waals surface area contributed by atoms with Crippen molar-refractivity contribution in [3.8, 4) is 0 Å². The van der Waals surface area contributed by atoms with Crippen LogP contribution >= 0.6 is 11.3 Å². The van der Waals surface area contributed by atoms with Gasteiger partial charge < -0.3 is 4.74 Å². The Kier molecular flexibility index (Phi) is 4.79. The molecule has 0 saturated carbocycles. The minimum absolute atomic E-state index is 0.128. The average molecular weight is 321 g/mol. The van der Waals surface area contributed by atoms with E-state index in [2.05, 4.69) is 10.3 Å². The van der Waals surface area contributed by atoms with Crippen molar-refractivity contribution in [3.63, 3.8) is 0 Å². The number of benzene rings is 1. The van der Waals surface area contributed by atoms with Crippen LogP contribution in [0.3, 0.4) is 0 Å². The van der Waals surface area contributed by atoms with Crippen molar-refractivity contribution in [1.29, 1.82) is 0 Å². The molecule has 2 rings (SSSR count). The first-order valence-corrected chi connectivity index (χ1v) is 6.91. The number of anilines is 1. The van der Waals surface area contributed by atoms with Gasteiger partial charge in [0.1, 0.15) is 0 Å². The molecule has 8 nitrogen and oxygen atoms in total. The van der Waals surface area contributed by atoms with Crippen LogP contribution in [0.25, 0.3) is 0 Å². The number of thiazole rings is 1. The predicted molar refractivity (Wildman–Crippen MR) is 78.9 cm³/mol. The molecule has 0 spiro atoms. The first kappa shape index (κ1) is 15.6. The summed E-state index contributed by atoms with van der Waals surface area (Å²) in [6.45, 7) is 1.39. The zero-order valence-corrected chi connectivity index (χ0v) is 12.3. The highest BCUT2D eigenvalue weighted by Crippen LogP contribution is 2.16. The van der Waals surface area contributed by atoms with E-state index in [9.17, 15) is 19.7 Å². The maximum absolute atomic E-state index is 11.7. The lowest BCUT2D eigenvalue weighted by atomic mass is 10.2. The van der Waals surface area contributed by atoms with E-state index in [4.69, 9.17) is 4.74 Å². The monoisotopic (exact) mass is 321 g/mol. The number of hydrogen-bond donors (Lipinski definition) is 1. The Labute approximate surface area is 128 Å². The molecule has 1 amide bonds. The maximum atomic E-state index is 11.7. The number of ether oxygens (including phenoxy) is 1. The van der Waals surface area contributed by atoms with Gasteiger partial charge in [-0.1, -0.05) is 0 Å². The molecule has 1 aromatic carbocycles. The fourth-order valence-electron chi connectivity index (χ4n) is 1.50. The molecule has 0 atom stereocenters. The summed E-state index contributed by atoms with van der Waals surface area (Å²) >= 11 is 1.30. The van der Waals surface area contributed by atoms with Gasteiger partial charge in [-0.3, -0.25) is 20.2 Å². The molecule has 0 unspecified atom stereocenters. The number of nitro groups is 1. The zero-order valence-electron chi connectivity index (χ0n) is 11.4.